The summed E-state index contributed by atoms with van der Waals surface area (Å²) in [4.78, 5) is 28.6. The average Bonchev–Trinajstić information content (AvgIpc) is 2.77. The molecule has 172 valence electrons. The number of anilines is 2. The van der Waals surface area contributed by atoms with E-state index in [1.54, 1.807) is 31.2 Å². The highest BCUT2D eigenvalue weighted by Crippen LogP contribution is 2.28. The summed E-state index contributed by atoms with van der Waals surface area (Å²) in [5, 5.41) is 24.0. The molecule has 1 heterocycles. The Kier molecular flexibility index (Phi) is 7.31. The standard InChI is InChI=1S/C23H22F2N4O4/c1-12-6-17(29-23(33)20(31)13-7-15(24)10-16(25)8-13)2-3-18(12)14-9-19(21(26)28-11-14)22(32)27-4-5-30/h2-3,6-11,20,30-31H,4-5H2,1H3,(H2,26,28)(H,27,32)(H,29,33). The van der Waals surface area contributed by atoms with Gasteiger partial charge in [0.25, 0.3) is 11.8 Å². The predicted molar refractivity (Wildman–Crippen MR) is 118 cm³/mol. The van der Waals surface area contributed by atoms with Gasteiger partial charge in [0.15, 0.2) is 6.10 Å². The number of halogens is 2. The largest absolute Gasteiger partial charge is 0.395 e. The van der Waals surface area contributed by atoms with Crippen molar-refractivity contribution in [1.29, 1.82) is 0 Å². The van der Waals surface area contributed by atoms with Crippen LogP contribution < -0.4 is 16.4 Å². The maximum atomic E-state index is 13.4. The number of aromatic nitrogens is 1. The van der Waals surface area contributed by atoms with E-state index in [1.165, 1.54) is 6.20 Å². The van der Waals surface area contributed by atoms with E-state index in [2.05, 4.69) is 15.6 Å². The second kappa shape index (κ2) is 10.2. The molecule has 8 nitrogen and oxygen atoms in total. The van der Waals surface area contributed by atoms with E-state index in [1.807, 2.05) is 0 Å². The molecule has 0 spiro atoms. The molecular weight excluding hydrogens is 434 g/mol. The molecular formula is C23H22F2N4O4. The van der Waals surface area contributed by atoms with E-state index in [0.717, 1.165) is 12.1 Å². The summed E-state index contributed by atoms with van der Waals surface area (Å²) >= 11 is 0. The maximum absolute atomic E-state index is 13.4. The van der Waals surface area contributed by atoms with E-state index >= 15 is 0 Å². The van der Waals surface area contributed by atoms with Crippen molar-refractivity contribution < 1.29 is 28.6 Å². The van der Waals surface area contributed by atoms with Crippen molar-refractivity contribution in [1.82, 2.24) is 10.3 Å². The summed E-state index contributed by atoms with van der Waals surface area (Å²) < 4.78 is 26.7. The summed E-state index contributed by atoms with van der Waals surface area (Å²) in [6, 6.07) is 8.85. The van der Waals surface area contributed by atoms with E-state index in [0.29, 0.717) is 28.4 Å². The van der Waals surface area contributed by atoms with Gasteiger partial charge in [0, 0.05) is 30.1 Å². The first-order valence-corrected chi connectivity index (χ1v) is 9.90. The third-order valence-corrected chi connectivity index (χ3v) is 4.81. The summed E-state index contributed by atoms with van der Waals surface area (Å²) in [6.07, 6.45) is -0.266. The summed E-state index contributed by atoms with van der Waals surface area (Å²) in [5.74, 6) is -3.10. The molecule has 3 aromatic rings. The molecule has 6 N–H and O–H groups in total. The van der Waals surface area contributed by atoms with Crippen LogP contribution in [0.3, 0.4) is 0 Å². The van der Waals surface area contributed by atoms with Gasteiger partial charge in [-0.3, -0.25) is 9.59 Å². The van der Waals surface area contributed by atoms with E-state index in [4.69, 9.17) is 10.8 Å². The topological polar surface area (TPSA) is 138 Å². The lowest BCUT2D eigenvalue weighted by Gasteiger charge is -2.14. The molecule has 2 aromatic carbocycles. The first-order valence-electron chi connectivity index (χ1n) is 9.90. The highest BCUT2D eigenvalue weighted by molar-refractivity contribution is 5.99. The Bertz CT molecular complexity index is 1180. The molecule has 10 heteroatoms. The van der Waals surface area contributed by atoms with Crippen LogP contribution in [0.2, 0.25) is 0 Å². The van der Waals surface area contributed by atoms with Gasteiger partial charge in [0.1, 0.15) is 17.5 Å². The maximum Gasteiger partial charge on any atom is 0.257 e. The van der Waals surface area contributed by atoms with Gasteiger partial charge in [0.2, 0.25) is 0 Å². The van der Waals surface area contributed by atoms with Crippen molar-refractivity contribution in [2.75, 3.05) is 24.2 Å². The van der Waals surface area contributed by atoms with Crippen LogP contribution in [0, 0.1) is 18.6 Å². The number of carbonyl (C=O) groups excluding carboxylic acids is 2. The van der Waals surface area contributed by atoms with Crippen LogP contribution in [0.1, 0.15) is 27.6 Å². The molecule has 0 aliphatic heterocycles. The number of hydrogen-bond acceptors (Lipinski definition) is 6. The number of benzene rings is 2. The van der Waals surface area contributed by atoms with Gasteiger partial charge in [0.05, 0.1) is 12.2 Å². The molecule has 2 amide bonds. The number of pyridine rings is 1. The monoisotopic (exact) mass is 456 g/mol. The smallest absolute Gasteiger partial charge is 0.257 e. The fourth-order valence-electron chi connectivity index (χ4n) is 3.23. The number of hydrogen-bond donors (Lipinski definition) is 5. The van der Waals surface area contributed by atoms with Crippen molar-refractivity contribution in [2.24, 2.45) is 0 Å². The van der Waals surface area contributed by atoms with Gasteiger partial charge >= 0.3 is 0 Å². The number of aliphatic hydroxyl groups is 2. The minimum Gasteiger partial charge on any atom is -0.395 e. The number of rotatable bonds is 7. The molecule has 0 aliphatic rings. The minimum atomic E-state index is -1.77. The molecule has 0 bridgehead atoms. The number of aliphatic hydroxyl groups excluding tert-OH is 2. The Balaban J connectivity index is 1.80. The molecule has 1 aromatic heterocycles. The third kappa shape index (κ3) is 5.68. The Morgan fingerprint density at radius 2 is 1.82 bits per heavy atom. The Hall–Kier alpha value is -3.89. The van der Waals surface area contributed by atoms with E-state index < -0.39 is 29.6 Å². The van der Waals surface area contributed by atoms with E-state index in [9.17, 15) is 23.5 Å². The van der Waals surface area contributed by atoms with Crippen LogP contribution in [-0.2, 0) is 4.79 Å². The predicted octanol–water partition coefficient (Wildman–Crippen LogP) is 2.31. The average molecular weight is 456 g/mol. The first kappa shape index (κ1) is 23.8. The summed E-state index contributed by atoms with van der Waals surface area (Å²) in [5.41, 5.74) is 8.12. The van der Waals surface area contributed by atoms with Crippen LogP contribution in [0.5, 0.6) is 0 Å². The van der Waals surface area contributed by atoms with Crippen molar-refractivity contribution in [3.63, 3.8) is 0 Å². The Labute approximate surface area is 188 Å². The summed E-state index contributed by atoms with van der Waals surface area (Å²) in [6.45, 7) is 1.63. The van der Waals surface area contributed by atoms with Gasteiger partial charge in [-0.05, 0) is 53.9 Å². The molecule has 1 unspecified atom stereocenters. The normalized spacial score (nSPS) is 11.7. The van der Waals surface area contributed by atoms with Crippen molar-refractivity contribution in [3.05, 3.63) is 77.0 Å². The molecule has 1 atom stereocenters. The Morgan fingerprint density at radius 3 is 2.45 bits per heavy atom. The fraction of sp³-hybridized carbons (Fsp3) is 0.174. The minimum absolute atomic E-state index is 0.0403. The highest BCUT2D eigenvalue weighted by atomic mass is 19.1. The number of aryl methyl sites for hydroxylation is 1. The van der Waals surface area contributed by atoms with Crippen molar-refractivity contribution >= 4 is 23.3 Å². The Morgan fingerprint density at radius 1 is 1.12 bits per heavy atom. The second-order valence-electron chi connectivity index (χ2n) is 7.26. The highest BCUT2D eigenvalue weighted by Gasteiger charge is 2.20. The molecule has 0 aliphatic carbocycles. The molecule has 0 saturated heterocycles. The number of amides is 2. The lowest BCUT2D eigenvalue weighted by atomic mass is 9.99. The van der Waals surface area contributed by atoms with Crippen LogP contribution in [0.15, 0.2) is 48.7 Å². The number of nitrogens with zero attached hydrogens (tertiary/aromatic N) is 1. The molecule has 0 saturated carbocycles. The zero-order valence-electron chi connectivity index (χ0n) is 17.6. The zero-order valence-corrected chi connectivity index (χ0v) is 17.6. The molecule has 3 rings (SSSR count). The number of nitrogen functional groups attached to an aromatic ring is 1. The van der Waals surface area contributed by atoms with Crippen molar-refractivity contribution in [2.45, 2.75) is 13.0 Å². The van der Waals surface area contributed by atoms with Gasteiger partial charge in [-0.15, -0.1) is 0 Å². The van der Waals surface area contributed by atoms with Crippen LogP contribution in [-0.4, -0.2) is 40.2 Å². The SMILES string of the molecule is Cc1cc(NC(=O)C(O)c2cc(F)cc(F)c2)ccc1-c1cnc(N)c(C(=O)NCCO)c1. The van der Waals surface area contributed by atoms with Gasteiger partial charge in [-0.1, -0.05) is 6.07 Å². The second-order valence-corrected chi connectivity index (χ2v) is 7.26. The quantitative estimate of drug-likeness (QED) is 0.370. The first-order chi connectivity index (χ1) is 15.7. The molecule has 33 heavy (non-hydrogen) atoms. The fourth-order valence-corrected chi connectivity index (χ4v) is 3.23. The van der Waals surface area contributed by atoms with Crippen LogP contribution in [0.4, 0.5) is 20.3 Å². The third-order valence-electron chi connectivity index (χ3n) is 4.81. The van der Waals surface area contributed by atoms with Crippen LogP contribution in [0.25, 0.3) is 11.1 Å². The number of carbonyl (C=O) groups is 2. The van der Waals surface area contributed by atoms with Gasteiger partial charge < -0.3 is 26.6 Å². The molecule has 0 fully saturated rings. The lowest BCUT2D eigenvalue weighted by Crippen LogP contribution is -2.27. The number of nitrogens with two attached hydrogens (primary N) is 1. The van der Waals surface area contributed by atoms with Crippen molar-refractivity contribution in [3.8, 4) is 11.1 Å². The zero-order chi connectivity index (χ0) is 24.1. The van der Waals surface area contributed by atoms with Crippen LogP contribution >= 0.6 is 0 Å². The lowest BCUT2D eigenvalue weighted by molar-refractivity contribution is -0.124. The van der Waals surface area contributed by atoms with E-state index in [-0.39, 0.29) is 30.1 Å². The van der Waals surface area contributed by atoms with Gasteiger partial charge in [-0.25, -0.2) is 13.8 Å². The number of nitrogens with one attached hydrogen (secondary N) is 2. The molecule has 0 radical (unpaired) electrons. The summed E-state index contributed by atoms with van der Waals surface area (Å²) in [7, 11) is 0. The van der Waals surface area contributed by atoms with Gasteiger partial charge in [-0.2, -0.15) is 0 Å².